The van der Waals surface area contributed by atoms with Crippen molar-refractivity contribution in [3.05, 3.63) is 64.2 Å². The fourth-order valence-electron chi connectivity index (χ4n) is 2.80. The summed E-state index contributed by atoms with van der Waals surface area (Å²) in [5.41, 5.74) is 5.47. The van der Waals surface area contributed by atoms with Crippen molar-refractivity contribution in [2.24, 2.45) is 20.1 Å². The summed E-state index contributed by atoms with van der Waals surface area (Å²) in [7, 11) is 5.49. The molecule has 1 aliphatic rings. The highest BCUT2D eigenvalue weighted by molar-refractivity contribution is 6.18. The summed E-state index contributed by atoms with van der Waals surface area (Å²) in [6.07, 6.45) is 1.62. The number of nitro groups is 1. The summed E-state index contributed by atoms with van der Waals surface area (Å²) in [6.45, 7) is 1.57. The van der Waals surface area contributed by atoms with Gasteiger partial charge in [0.15, 0.2) is 0 Å². The zero-order valence-electron chi connectivity index (χ0n) is 17.7. The molecule has 0 saturated carbocycles. The molecule has 3 rings (SSSR count). The van der Waals surface area contributed by atoms with Gasteiger partial charge >= 0.3 is 6.04 Å². The Morgan fingerprint density at radius 2 is 1.81 bits per heavy atom. The van der Waals surface area contributed by atoms with E-state index in [4.69, 9.17) is 4.74 Å². The molecule has 0 spiro atoms. The molecule has 0 fully saturated rings. The Balaban J connectivity index is 1.81. The fraction of sp³-hybridized carbons (Fsp3) is 0.238. The highest BCUT2D eigenvalue weighted by Gasteiger charge is 2.34. The lowest BCUT2D eigenvalue weighted by Crippen LogP contribution is -2.40. The largest absolute Gasteiger partial charge is 0.497 e. The molecule has 2 aromatic carbocycles. The normalized spacial score (nSPS) is 17.3. The molecule has 10 nitrogen and oxygen atoms in total. The Morgan fingerprint density at radius 1 is 1.13 bits per heavy atom. The summed E-state index contributed by atoms with van der Waals surface area (Å²) in [5, 5.41) is 15.7. The predicted molar refractivity (Wildman–Crippen MR) is 123 cm³/mol. The van der Waals surface area contributed by atoms with Gasteiger partial charge in [0, 0.05) is 24.7 Å². The number of benzene rings is 2. The second-order valence-electron chi connectivity index (χ2n) is 6.90. The molecule has 0 bridgehead atoms. The van der Waals surface area contributed by atoms with Crippen LogP contribution in [0.3, 0.4) is 0 Å². The van der Waals surface area contributed by atoms with E-state index in [2.05, 4.69) is 25.5 Å². The molecule has 0 saturated heterocycles. The van der Waals surface area contributed by atoms with Gasteiger partial charge in [-0.15, -0.1) is 0 Å². The van der Waals surface area contributed by atoms with Crippen molar-refractivity contribution in [1.29, 1.82) is 0 Å². The maximum absolute atomic E-state index is 11.5. The molecule has 0 radical (unpaired) electrons. The molecule has 1 atom stereocenters. The van der Waals surface area contributed by atoms with Crippen LogP contribution in [-0.2, 0) is 0 Å². The van der Waals surface area contributed by atoms with E-state index in [0.717, 1.165) is 11.3 Å². The molecule has 1 unspecified atom stereocenters. The van der Waals surface area contributed by atoms with Crippen molar-refractivity contribution in [1.82, 2.24) is 5.43 Å². The van der Waals surface area contributed by atoms with Crippen molar-refractivity contribution in [3.63, 3.8) is 0 Å². The lowest BCUT2D eigenvalue weighted by molar-refractivity contribution is -0.484. The lowest BCUT2D eigenvalue weighted by atomic mass is 10.1. The van der Waals surface area contributed by atoms with Crippen LogP contribution in [0.1, 0.15) is 12.5 Å². The minimum Gasteiger partial charge on any atom is -0.497 e. The van der Waals surface area contributed by atoms with Gasteiger partial charge in [-0.1, -0.05) is 12.1 Å². The van der Waals surface area contributed by atoms with E-state index in [-0.39, 0.29) is 17.5 Å². The van der Waals surface area contributed by atoms with Gasteiger partial charge in [0.1, 0.15) is 11.5 Å². The molecule has 1 aliphatic heterocycles. The molecule has 160 valence electrons. The average molecular weight is 421 g/mol. The van der Waals surface area contributed by atoms with E-state index in [1.165, 1.54) is 0 Å². The monoisotopic (exact) mass is 421 g/mol. The van der Waals surface area contributed by atoms with Crippen LogP contribution in [0.4, 0.5) is 11.4 Å². The first kappa shape index (κ1) is 21.6. The second kappa shape index (κ2) is 9.61. The Kier molecular flexibility index (Phi) is 6.71. The van der Waals surface area contributed by atoms with Crippen molar-refractivity contribution < 1.29 is 9.66 Å². The van der Waals surface area contributed by atoms with E-state index >= 15 is 0 Å². The number of nitrogens with one attached hydrogen (secondary N) is 1. The van der Waals surface area contributed by atoms with Crippen LogP contribution in [-0.4, -0.2) is 55.9 Å². The van der Waals surface area contributed by atoms with Crippen molar-refractivity contribution >= 4 is 35.1 Å². The zero-order valence-corrected chi connectivity index (χ0v) is 17.7. The summed E-state index contributed by atoms with van der Waals surface area (Å²) in [4.78, 5) is 25.8. The number of hydrogen-bond donors (Lipinski definition) is 1. The van der Waals surface area contributed by atoms with Gasteiger partial charge in [0.05, 0.1) is 19.0 Å². The number of hydrogen-bond acceptors (Lipinski definition) is 8. The minimum atomic E-state index is -1.23. The van der Waals surface area contributed by atoms with Crippen molar-refractivity contribution in [2.45, 2.75) is 13.0 Å². The number of nitrogens with zero attached hydrogens (tertiary/aromatic N) is 6. The standard InChI is InChI=1S/C21H23N7O3/c1-14-19(28(29)30)20(24-16-7-11-18(31-4)12-8-16)25-21(23-14)26-22-13-15-5-9-17(10-6-15)27(2)3/h5-13,19H,1-4H3,(H,24,25,26). The number of aliphatic imine (C=N–C) groups is 3. The predicted octanol–water partition coefficient (Wildman–Crippen LogP) is 2.89. The van der Waals surface area contributed by atoms with E-state index in [0.29, 0.717) is 11.4 Å². The minimum absolute atomic E-state index is 0.0238. The number of guanidine groups is 1. The average Bonchev–Trinajstić information content (AvgIpc) is 2.74. The number of rotatable bonds is 6. The summed E-state index contributed by atoms with van der Waals surface area (Å²) in [6, 6.07) is 13.4. The SMILES string of the molecule is COc1ccc(N=C2N=C(NN=Cc3ccc(N(C)C)cc3)N=C(C)C2[N+](=O)[O-])cc1. The van der Waals surface area contributed by atoms with Crippen LogP contribution in [0.2, 0.25) is 0 Å². The maximum Gasteiger partial charge on any atom is 0.309 e. The lowest BCUT2D eigenvalue weighted by Gasteiger charge is -2.15. The van der Waals surface area contributed by atoms with Gasteiger partial charge in [0.2, 0.25) is 11.8 Å². The van der Waals surface area contributed by atoms with Gasteiger partial charge in [0.25, 0.3) is 0 Å². The quantitative estimate of drug-likeness (QED) is 0.437. The molecule has 1 N–H and O–H groups in total. The van der Waals surface area contributed by atoms with Gasteiger partial charge in [-0.05, 0) is 48.9 Å². The Hall–Kier alpha value is -4.08. The summed E-state index contributed by atoms with van der Waals surface area (Å²) < 4.78 is 5.12. The van der Waals surface area contributed by atoms with Gasteiger partial charge in [-0.3, -0.25) is 10.1 Å². The maximum atomic E-state index is 11.5. The first-order chi connectivity index (χ1) is 14.9. The molecule has 1 heterocycles. The van der Waals surface area contributed by atoms with Crippen LogP contribution < -0.4 is 15.1 Å². The number of hydrazone groups is 1. The number of anilines is 1. The Morgan fingerprint density at radius 3 is 2.39 bits per heavy atom. The fourth-order valence-corrected chi connectivity index (χ4v) is 2.80. The van der Waals surface area contributed by atoms with Crippen molar-refractivity contribution in [2.75, 3.05) is 26.1 Å². The van der Waals surface area contributed by atoms with Gasteiger partial charge in [-0.2, -0.15) is 10.1 Å². The van der Waals surface area contributed by atoms with Crippen LogP contribution in [0.5, 0.6) is 5.75 Å². The number of methoxy groups -OCH3 is 1. The van der Waals surface area contributed by atoms with Crippen molar-refractivity contribution in [3.8, 4) is 5.75 Å². The van der Waals surface area contributed by atoms with Crippen LogP contribution in [0.15, 0.2) is 68.6 Å². The first-order valence-electron chi connectivity index (χ1n) is 9.44. The molecule has 0 aliphatic carbocycles. The number of amidine groups is 1. The van der Waals surface area contributed by atoms with E-state index < -0.39 is 11.0 Å². The Labute approximate surface area is 179 Å². The smallest absolute Gasteiger partial charge is 0.309 e. The molecular weight excluding hydrogens is 398 g/mol. The molecular formula is C21H23N7O3. The highest BCUT2D eigenvalue weighted by Crippen LogP contribution is 2.20. The topological polar surface area (TPSA) is 117 Å². The molecule has 31 heavy (non-hydrogen) atoms. The van der Waals surface area contributed by atoms with Gasteiger partial charge in [-0.25, -0.2) is 15.4 Å². The molecule has 0 aromatic heterocycles. The second-order valence-corrected chi connectivity index (χ2v) is 6.90. The highest BCUT2D eigenvalue weighted by atomic mass is 16.6. The Bertz CT molecular complexity index is 1060. The van der Waals surface area contributed by atoms with Gasteiger partial charge < -0.3 is 9.64 Å². The van der Waals surface area contributed by atoms with E-state index in [1.54, 1.807) is 44.5 Å². The number of ether oxygens (including phenoxy) is 1. The zero-order chi connectivity index (χ0) is 22.4. The van der Waals surface area contributed by atoms with E-state index in [9.17, 15) is 10.1 Å². The third-order valence-corrected chi connectivity index (χ3v) is 4.46. The van der Waals surface area contributed by atoms with E-state index in [1.807, 2.05) is 43.3 Å². The molecule has 2 aromatic rings. The third-order valence-electron chi connectivity index (χ3n) is 4.46. The molecule has 10 heteroatoms. The summed E-state index contributed by atoms with van der Waals surface area (Å²) in [5.74, 6) is 0.815. The van der Waals surface area contributed by atoms with Crippen LogP contribution in [0.25, 0.3) is 0 Å². The van der Waals surface area contributed by atoms with Crippen LogP contribution in [0, 0.1) is 10.1 Å². The first-order valence-corrected chi connectivity index (χ1v) is 9.44. The van der Waals surface area contributed by atoms with Crippen LogP contribution >= 0.6 is 0 Å². The third kappa shape index (κ3) is 5.50. The molecule has 0 amide bonds. The summed E-state index contributed by atoms with van der Waals surface area (Å²) >= 11 is 0.